The predicted molar refractivity (Wildman–Crippen MR) is 136 cm³/mol. The van der Waals surface area contributed by atoms with Crippen molar-refractivity contribution in [3.8, 4) is 11.8 Å². The average molecular weight is 487 g/mol. The van der Waals surface area contributed by atoms with Crippen LogP contribution in [0.25, 0.3) is 16.6 Å². The maximum atomic E-state index is 13.4. The summed E-state index contributed by atoms with van der Waals surface area (Å²) in [7, 11) is 0. The number of benzene rings is 2. The molecule has 0 fully saturated rings. The first-order chi connectivity index (χ1) is 16.6. The molecule has 0 saturated heterocycles. The number of rotatable bonds is 5. The quantitative estimate of drug-likeness (QED) is 0.295. The second-order valence-electron chi connectivity index (χ2n) is 8.06. The highest BCUT2D eigenvalue weighted by molar-refractivity contribution is 7.99. The maximum absolute atomic E-state index is 13.4. The van der Waals surface area contributed by atoms with Gasteiger partial charge in [-0.15, -0.1) is 11.3 Å². The highest BCUT2D eigenvalue weighted by atomic mass is 32.2. The highest BCUT2D eigenvalue weighted by Crippen LogP contribution is 2.35. The molecule has 0 radical (unpaired) electrons. The molecule has 8 heteroatoms. The van der Waals surface area contributed by atoms with Crippen LogP contribution in [0.3, 0.4) is 0 Å². The van der Waals surface area contributed by atoms with Gasteiger partial charge in [0.2, 0.25) is 5.91 Å². The van der Waals surface area contributed by atoms with Crippen molar-refractivity contribution in [1.82, 2.24) is 14.5 Å². The number of fused-ring (bicyclic) bond motifs is 2. The molecule has 1 atom stereocenters. The van der Waals surface area contributed by atoms with Gasteiger partial charge in [0.25, 0.3) is 5.56 Å². The molecular weight excluding hydrogens is 464 g/mol. The van der Waals surface area contributed by atoms with E-state index in [4.69, 9.17) is 10.2 Å². The molecule has 0 aliphatic carbocycles. The summed E-state index contributed by atoms with van der Waals surface area (Å²) in [6.45, 7) is 2.82. The van der Waals surface area contributed by atoms with Crippen LogP contribution in [0, 0.1) is 11.3 Å². The van der Waals surface area contributed by atoms with E-state index in [9.17, 15) is 9.59 Å². The molecule has 0 spiro atoms. The van der Waals surface area contributed by atoms with E-state index < -0.39 is 0 Å². The van der Waals surface area contributed by atoms with Gasteiger partial charge >= 0.3 is 0 Å². The number of nitrogens with zero attached hydrogens (tertiary/aromatic N) is 4. The highest BCUT2D eigenvalue weighted by Gasteiger charge is 2.30. The maximum Gasteiger partial charge on any atom is 0.266 e. The number of hydrogen-bond donors (Lipinski definition) is 0. The average Bonchev–Trinajstić information content (AvgIpc) is 3.36. The Labute approximate surface area is 205 Å². The lowest BCUT2D eigenvalue weighted by Gasteiger charge is -2.35. The van der Waals surface area contributed by atoms with Crippen LogP contribution < -0.4 is 5.56 Å². The number of para-hydroxylation sites is 1. The Hall–Kier alpha value is -3.41. The number of carbonyl (C=O) groups excluding carboxylic acids is 1. The zero-order chi connectivity index (χ0) is 23.7. The van der Waals surface area contributed by atoms with Gasteiger partial charge in [-0.1, -0.05) is 30.8 Å². The van der Waals surface area contributed by atoms with Crippen LogP contribution in [0.15, 0.2) is 69.9 Å². The van der Waals surface area contributed by atoms with Gasteiger partial charge in [0, 0.05) is 11.4 Å². The molecule has 4 aromatic rings. The van der Waals surface area contributed by atoms with Gasteiger partial charge in [-0.25, -0.2) is 4.98 Å². The van der Waals surface area contributed by atoms with Crippen LogP contribution >= 0.6 is 23.1 Å². The smallest absolute Gasteiger partial charge is 0.266 e. The van der Waals surface area contributed by atoms with Crippen LogP contribution in [-0.2, 0) is 11.2 Å². The van der Waals surface area contributed by atoms with Gasteiger partial charge < -0.3 is 4.90 Å². The number of aromatic nitrogens is 2. The lowest BCUT2D eigenvalue weighted by atomic mass is 9.98. The van der Waals surface area contributed by atoms with E-state index >= 15 is 0 Å². The molecule has 170 valence electrons. The third-order valence-corrected chi connectivity index (χ3v) is 8.05. The second-order valence-corrected chi connectivity index (χ2v) is 10.0. The molecule has 1 amide bonds. The van der Waals surface area contributed by atoms with E-state index in [-0.39, 0.29) is 23.3 Å². The first kappa shape index (κ1) is 22.4. The Bertz CT molecular complexity index is 1470. The van der Waals surface area contributed by atoms with Gasteiger partial charge in [-0.2, -0.15) is 5.26 Å². The Morgan fingerprint density at radius 1 is 1.21 bits per heavy atom. The molecule has 0 N–H and O–H groups in total. The summed E-state index contributed by atoms with van der Waals surface area (Å²) in [4.78, 5) is 34.8. The lowest BCUT2D eigenvalue weighted by molar-refractivity contribution is -0.131. The molecular formula is C26H22N4O2S2. The fourth-order valence-corrected chi connectivity index (χ4v) is 6.29. The minimum absolute atomic E-state index is 0.0440. The van der Waals surface area contributed by atoms with Crippen molar-refractivity contribution in [2.75, 3.05) is 12.3 Å². The molecule has 3 heterocycles. The van der Waals surface area contributed by atoms with Gasteiger partial charge in [-0.05, 0) is 66.2 Å². The molecule has 1 unspecified atom stereocenters. The molecule has 34 heavy (non-hydrogen) atoms. The molecule has 5 rings (SSSR count). The second kappa shape index (κ2) is 9.45. The van der Waals surface area contributed by atoms with E-state index in [1.807, 2.05) is 23.1 Å². The van der Waals surface area contributed by atoms with Crippen molar-refractivity contribution >= 4 is 39.9 Å². The minimum atomic E-state index is -0.197. The number of carbonyl (C=O) groups is 1. The summed E-state index contributed by atoms with van der Waals surface area (Å²) in [6, 6.07) is 18.4. The molecule has 0 saturated carbocycles. The van der Waals surface area contributed by atoms with E-state index in [2.05, 4.69) is 24.4 Å². The molecule has 2 aromatic carbocycles. The van der Waals surface area contributed by atoms with Crippen LogP contribution in [0.4, 0.5) is 0 Å². The zero-order valence-corrected chi connectivity index (χ0v) is 20.2. The van der Waals surface area contributed by atoms with Crippen molar-refractivity contribution in [2.24, 2.45) is 0 Å². The van der Waals surface area contributed by atoms with Crippen molar-refractivity contribution in [3.63, 3.8) is 0 Å². The van der Waals surface area contributed by atoms with Crippen molar-refractivity contribution in [3.05, 3.63) is 86.3 Å². The standard InChI is InChI=1S/C26H22N4O2S2/c1-2-22-20-12-14-33-23(20)11-13-29(22)24(31)16-34-26-28-21-6-4-3-5-19(21)25(32)30(26)18-9-7-17(15-27)8-10-18/h3-10,12,14,22H,2,11,13,16H2,1H3. The molecule has 2 aromatic heterocycles. The van der Waals surface area contributed by atoms with Crippen LogP contribution in [0.2, 0.25) is 0 Å². The summed E-state index contributed by atoms with van der Waals surface area (Å²) >= 11 is 3.04. The third kappa shape index (κ3) is 4.02. The van der Waals surface area contributed by atoms with Gasteiger partial charge in [0.05, 0.1) is 40.0 Å². The van der Waals surface area contributed by atoms with Gasteiger partial charge in [-0.3, -0.25) is 14.2 Å². The summed E-state index contributed by atoms with van der Waals surface area (Å²) in [5.41, 5.74) is 2.79. The largest absolute Gasteiger partial charge is 0.335 e. The molecule has 6 nitrogen and oxygen atoms in total. The third-order valence-electron chi connectivity index (χ3n) is 6.13. The number of thioether (sulfide) groups is 1. The monoisotopic (exact) mass is 486 g/mol. The van der Waals surface area contributed by atoms with E-state index in [1.54, 1.807) is 41.7 Å². The lowest BCUT2D eigenvalue weighted by Crippen LogP contribution is -2.40. The number of thiophene rings is 1. The van der Waals surface area contributed by atoms with E-state index in [0.717, 1.165) is 12.8 Å². The fraction of sp³-hybridized carbons (Fsp3) is 0.231. The first-order valence-corrected chi connectivity index (χ1v) is 13.0. The summed E-state index contributed by atoms with van der Waals surface area (Å²) in [5.74, 6) is 0.235. The summed E-state index contributed by atoms with van der Waals surface area (Å²) in [5, 5.41) is 12.2. The van der Waals surface area contributed by atoms with Crippen molar-refractivity contribution in [1.29, 1.82) is 5.26 Å². The normalized spacial score (nSPS) is 15.2. The summed E-state index contributed by atoms with van der Waals surface area (Å²) in [6.07, 6.45) is 1.74. The number of hydrogen-bond acceptors (Lipinski definition) is 6. The zero-order valence-electron chi connectivity index (χ0n) is 18.6. The number of nitriles is 1. The molecule has 1 aliphatic rings. The summed E-state index contributed by atoms with van der Waals surface area (Å²) < 4.78 is 1.53. The van der Waals surface area contributed by atoms with Crippen LogP contribution in [-0.4, -0.2) is 32.7 Å². The van der Waals surface area contributed by atoms with Gasteiger partial charge in [0.15, 0.2) is 5.16 Å². The minimum Gasteiger partial charge on any atom is -0.335 e. The molecule has 1 aliphatic heterocycles. The SMILES string of the molecule is CCC1c2ccsc2CCN1C(=O)CSc1nc2ccccc2c(=O)n1-c1ccc(C#N)cc1. The topological polar surface area (TPSA) is 79.0 Å². The molecule has 0 bridgehead atoms. The van der Waals surface area contributed by atoms with E-state index in [1.165, 1.54) is 26.8 Å². The first-order valence-electron chi connectivity index (χ1n) is 11.1. The van der Waals surface area contributed by atoms with Crippen molar-refractivity contribution < 1.29 is 4.79 Å². The predicted octanol–water partition coefficient (Wildman–Crippen LogP) is 4.95. The van der Waals surface area contributed by atoms with Gasteiger partial charge in [0.1, 0.15) is 0 Å². The Kier molecular flexibility index (Phi) is 6.22. The Balaban J connectivity index is 1.48. The van der Waals surface area contributed by atoms with Crippen LogP contribution in [0.1, 0.15) is 35.4 Å². The Morgan fingerprint density at radius 2 is 2.00 bits per heavy atom. The Morgan fingerprint density at radius 3 is 2.76 bits per heavy atom. The van der Waals surface area contributed by atoms with Crippen molar-refractivity contribution in [2.45, 2.75) is 31.0 Å². The number of amides is 1. The fourth-order valence-electron chi connectivity index (χ4n) is 4.47. The van der Waals surface area contributed by atoms with E-state index in [0.29, 0.717) is 33.9 Å². The van der Waals surface area contributed by atoms with Crippen LogP contribution in [0.5, 0.6) is 0 Å².